The fourth-order valence-electron chi connectivity index (χ4n) is 2.99. The highest BCUT2D eigenvalue weighted by Gasteiger charge is 2.12. The number of nitrogens with one attached hydrogen (secondary N) is 2. The fraction of sp³-hybridized carbons (Fsp3) is 0.0417. The molecular formula is C24H17ClN4O4S2. The van der Waals surface area contributed by atoms with Crippen LogP contribution in [0.15, 0.2) is 83.1 Å². The second-order valence-electron chi connectivity index (χ2n) is 7.17. The van der Waals surface area contributed by atoms with Gasteiger partial charge in [0.15, 0.2) is 5.13 Å². The van der Waals surface area contributed by atoms with E-state index < -0.39 is 10.8 Å². The second-order valence-corrected chi connectivity index (χ2v) is 9.51. The summed E-state index contributed by atoms with van der Waals surface area (Å²) >= 11 is 8.60. The Morgan fingerprint density at radius 2 is 1.77 bits per heavy atom. The van der Waals surface area contributed by atoms with Crippen molar-refractivity contribution in [1.82, 2.24) is 4.98 Å². The summed E-state index contributed by atoms with van der Waals surface area (Å²) in [5.41, 5.74) is 2.25. The first-order chi connectivity index (χ1) is 16.9. The molecule has 0 aliphatic heterocycles. The van der Waals surface area contributed by atoms with Crippen LogP contribution in [0.25, 0.3) is 11.3 Å². The number of rotatable bonds is 8. The van der Waals surface area contributed by atoms with E-state index in [9.17, 15) is 19.7 Å². The molecule has 1 aromatic heterocycles. The minimum atomic E-state index is -0.550. The zero-order chi connectivity index (χ0) is 24.8. The first-order valence-electron chi connectivity index (χ1n) is 10.2. The Kier molecular flexibility index (Phi) is 7.76. The Labute approximate surface area is 213 Å². The van der Waals surface area contributed by atoms with E-state index in [-0.39, 0.29) is 22.9 Å². The summed E-state index contributed by atoms with van der Waals surface area (Å²) in [6, 6.07) is 19.8. The molecule has 0 aliphatic carbocycles. The molecule has 176 valence electrons. The number of aromatic nitrogens is 1. The van der Waals surface area contributed by atoms with Crippen molar-refractivity contribution >= 4 is 63.0 Å². The third-order valence-electron chi connectivity index (χ3n) is 4.69. The van der Waals surface area contributed by atoms with E-state index in [2.05, 4.69) is 15.6 Å². The second kappa shape index (κ2) is 11.1. The Morgan fingerprint density at radius 1 is 1.03 bits per heavy atom. The van der Waals surface area contributed by atoms with Gasteiger partial charge in [-0.25, -0.2) is 4.98 Å². The molecule has 35 heavy (non-hydrogen) atoms. The maximum absolute atomic E-state index is 12.4. The van der Waals surface area contributed by atoms with Gasteiger partial charge in [0.1, 0.15) is 0 Å². The molecule has 0 bridgehead atoms. The van der Waals surface area contributed by atoms with Gasteiger partial charge in [0, 0.05) is 44.2 Å². The van der Waals surface area contributed by atoms with Crippen molar-refractivity contribution in [2.45, 2.75) is 4.90 Å². The Bertz CT molecular complexity index is 1380. The molecule has 0 aliphatic rings. The molecule has 0 saturated carbocycles. The Hall–Kier alpha value is -3.73. The van der Waals surface area contributed by atoms with Crippen molar-refractivity contribution in [2.24, 2.45) is 0 Å². The summed E-state index contributed by atoms with van der Waals surface area (Å²) in [4.78, 5) is 40.3. The number of nitro groups is 1. The van der Waals surface area contributed by atoms with Crippen molar-refractivity contribution in [3.63, 3.8) is 0 Å². The largest absolute Gasteiger partial charge is 0.322 e. The van der Waals surface area contributed by atoms with Gasteiger partial charge in [-0.15, -0.1) is 23.1 Å². The van der Waals surface area contributed by atoms with Gasteiger partial charge in [0.25, 0.3) is 11.6 Å². The first kappa shape index (κ1) is 24.4. The average Bonchev–Trinajstić information content (AvgIpc) is 3.32. The van der Waals surface area contributed by atoms with Crippen LogP contribution in [0.5, 0.6) is 0 Å². The zero-order valence-corrected chi connectivity index (χ0v) is 20.3. The molecule has 0 radical (unpaired) electrons. The zero-order valence-electron chi connectivity index (χ0n) is 17.9. The molecule has 0 fully saturated rings. The number of hydrogen-bond donors (Lipinski definition) is 2. The van der Waals surface area contributed by atoms with Crippen LogP contribution >= 0.6 is 34.7 Å². The van der Waals surface area contributed by atoms with Gasteiger partial charge < -0.3 is 10.6 Å². The van der Waals surface area contributed by atoms with Gasteiger partial charge in [-0.2, -0.15) is 0 Å². The number of nitrogens with zero attached hydrogens (tertiary/aromatic N) is 2. The van der Waals surface area contributed by atoms with E-state index in [0.29, 0.717) is 15.8 Å². The van der Waals surface area contributed by atoms with Gasteiger partial charge in [-0.1, -0.05) is 29.8 Å². The number of nitro benzene ring substituents is 1. The van der Waals surface area contributed by atoms with Crippen LogP contribution in [0.4, 0.5) is 16.5 Å². The van der Waals surface area contributed by atoms with Crippen LogP contribution in [0.2, 0.25) is 5.02 Å². The molecule has 0 spiro atoms. The summed E-state index contributed by atoms with van der Waals surface area (Å²) < 4.78 is 0. The maximum atomic E-state index is 12.4. The van der Waals surface area contributed by atoms with Gasteiger partial charge in [0.05, 0.1) is 16.4 Å². The summed E-state index contributed by atoms with van der Waals surface area (Å²) in [6.45, 7) is 0. The van der Waals surface area contributed by atoms with Crippen molar-refractivity contribution in [3.8, 4) is 11.3 Å². The number of hydrogen-bond acceptors (Lipinski definition) is 7. The van der Waals surface area contributed by atoms with Crippen LogP contribution in [0.1, 0.15) is 10.4 Å². The number of thiazole rings is 1. The van der Waals surface area contributed by atoms with E-state index >= 15 is 0 Å². The molecule has 8 nitrogen and oxygen atoms in total. The quantitative estimate of drug-likeness (QED) is 0.157. The molecule has 0 atom stereocenters. The molecule has 11 heteroatoms. The Balaban J connectivity index is 1.28. The minimum Gasteiger partial charge on any atom is -0.322 e. The maximum Gasteiger partial charge on any atom is 0.270 e. The standard InChI is InChI=1S/C24H17ClN4O4S2/c25-17-6-4-15(5-7-17)21-13-35-24(27-21)28-22(30)14-34-20-10-8-18(9-11-20)26-23(31)16-2-1-3-19(12-16)29(32)33/h1-13H,14H2,(H,26,31)(H,27,28,30). The lowest BCUT2D eigenvalue weighted by Crippen LogP contribution is -2.13. The van der Waals surface area contributed by atoms with Gasteiger partial charge in [-0.05, 0) is 42.5 Å². The number of halogens is 1. The highest BCUT2D eigenvalue weighted by Crippen LogP contribution is 2.27. The summed E-state index contributed by atoms with van der Waals surface area (Å²) in [7, 11) is 0. The van der Waals surface area contributed by atoms with Crippen molar-refractivity contribution in [3.05, 3.63) is 98.9 Å². The lowest BCUT2D eigenvalue weighted by Gasteiger charge is -2.07. The number of amides is 2. The molecule has 3 aromatic carbocycles. The number of thioether (sulfide) groups is 1. The number of carbonyl (C=O) groups is 2. The molecule has 2 amide bonds. The highest BCUT2D eigenvalue weighted by atomic mass is 35.5. The molecule has 4 rings (SSSR count). The predicted molar refractivity (Wildman–Crippen MR) is 139 cm³/mol. The molecule has 0 unspecified atom stereocenters. The fourth-order valence-corrected chi connectivity index (χ4v) is 4.55. The molecule has 1 heterocycles. The topological polar surface area (TPSA) is 114 Å². The Morgan fingerprint density at radius 3 is 2.49 bits per heavy atom. The third-order valence-corrected chi connectivity index (χ3v) is 6.71. The summed E-state index contributed by atoms with van der Waals surface area (Å²) in [5.74, 6) is -0.445. The molecular weight excluding hydrogens is 508 g/mol. The van der Waals surface area contributed by atoms with Crippen LogP contribution in [-0.4, -0.2) is 27.5 Å². The predicted octanol–water partition coefficient (Wildman–Crippen LogP) is 6.35. The van der Waals surface area contributed by atoms with Crippen LogP contribution in [-0.2, 0) is 4.79 Å². The van der Waals surface area contributed by atoms with E-state index in [4.69, 9.17) is 11.6 Å². The SMILES string of the molecule is O=C(CSc1ccc(NC(=O)c2cccc([N+](=O)[O-])c2)cc1)Nc1nc(-c2ccc(Cl)cc2)cs1. The molecule has 0 saturated heterocycles. The smallest absolute Gasteiger partial charge is 0.270 e. The van der Waals surface area contributed by atoms with Gasteiger partial charge in [-0.3, -0.25) is 19.7 Å². The van der Waals surface area contributed by atoms with E-state index in [0.717, 1.165) is 16.2 Å². The lowest BCUT2D eigenvalue weighted by molar-refractivity contribution is -0.384. The van der Waals surface area contributed by atoms with Crippen LogP contribution < -0.4 is 10.6 Å². The van der Waals surface area contributed by atoms with Crippen LogP contribution in [0, 0.1) is 10.1 Å². The van der Waals surface area contributed by atoms with E-state index in [1.807, 2.05) is 17.5 Å². The summed E-state index contributed by atoms with van der Waals surface area (Å²) in [6.07, 6.45) is 0. The average molecular weight is 525 g/mol. The monoisotopic (exact) mass is 524 g/mol. The van der Waals surface area contributed by atoms with Gasteiger partial charge >= 0.3 is 0 Å². The van der Waals surface area contributed by atoms with E-state index in [1.165, 1.54) is 47.4 Å². The number of carbonyl (C=O) groups excluding carboxylic acids is 2. The lowest BCUT2D eigenvalue weighted by atomic mass is 10.2. The van der Waals surface area contributed by atoms with Gasteiger partial charge in [0.2, 0.25) is 5.91 Å². The highest BCUT2D eigenvalue weighted by molar-refractivity contribution is 8.00. The minimum absolute atomic E-state index is 0.151. The summed E-state index contributed by atoms with van der Waals surface area (Å²) in [5, 5.41) is 19.4. The molecule has 4 aromatic rings. The van der Waals surface area contributed by atoms with Crippen molar-refractivity contribution in [1.29, 1.82) is 0 Å². The van der Waals surface area contributed by atoms with Crippen molar-refractivity contribution < 1.29 is 14.5 Å². The van der Waals surface area contributed by atoms with E-state index in [1.54, 1.807) is 36.4 Å². The molecule has 2 N–H and O–H groups in total. The first-order valence-corrected chi connectivity index (χ1v) is 12.4. The normalized spacial score (nSPS) is 10.5. The number of anilines is 2. The third kappa shape index (κ3) is 6.66. The number of non-ortho nitro benzene ring substituents is 1. The van der Waals surface area contributed by atoms with Crippen LogP contribution in [0.3, 0.4) is 0 Å². The van der Waals surface area contributed by atoms with Crippen molar-refractivity contribution in [2.75, 3.05) is 16.4 Å². The number of benzene rings is 3.